The fraction of sp³-hybridized carbons (Fsp3) is 0.769. The Hall–Kier alpha value is -0.970. The summed E-state index contributed by atoms with van der Waals surface area (Å²) in [6, 6.07) is 0.153. The minimum Gasteiger partial charge on any atom is -0.352 e. The second-order valence-corrected chi connectivity index (χ2v) is 4.75. The summed E-state index contributed by atoms with van der Waals surface area (Å²) in [4.78, 5) is 12.0. The Labute approximate surface area is 92.8 Å². The summed E-state index contributed by atoms with van der Waals surface area (Å²) in [5.41, 5.74) is -0.137. The van der Waals surface area contributed by atoms with Crippen LogP contribution in [0.5, 0.6) is 0 Å². The first-order valence-corrected chi connectivity index (χ1v) is 5.87. The number of nitrogens with one attached hydrogen (secondary N) is 1. The smallest absolute Gasteiger partial charge is 0.226 e. The van der Waals surface area contributed by atoms with E-state index in [1.807, 2.05) is 0 Å². The van der Waals surface area contributed by atoms with Gasteiger partial charge in [0.25, 0.3) is 0 Å². The van der Waals surface area contributed by atoms with E-state index in [9.17, 15) is 4.79 Å². The Kier molecular flexibility index (Phi) is 4.20. The lowest BCUT2D eigenvalue weighted by atomic mass is 9.87. The van der Waals surface area contributed by atoms with Crippen molar-refractivity contribution < 1.29 is 4.79 Å². The van der Waals surface area contributed by atoms with Crippen LogP contribution in [0.2, 0.25) is 0 Å². The molecule has 2 heteroatoms. The van der Waals surface area contributed by atoms with E-state index in [2.05, 4.69) is 25.1 Å². The number of hydrogen-bond acceptors (Lipinski definition) is 1. The van der Waals surface area contributed by atoms with E-state index >= 15 is 0 Å². The molecule has 0 radical (unpaired) electrons. The van der Waals surface area contributed by atoms with Crippen molar-refractivity contribution in [2.45, 2.75) is 58.4 Å². The normalized spacial score (nSPS) is 20.6. The molecule has 84 valence electrons. The predicted molar refractivity (Wildman–Crippen MR) is 62.2 cm³/mol. The van der Waals surface area contributed by atoms with Gasteiger partial charge in [-0.2, -0.15) is 0 Å². The Bertz CT molecular complexity index is 258. The maximum Gasteiger partial charge on any atom is 0.226 e. The van der Waals surface area contributed by atoms with Gasteiger partial charge in [0.2, 0.25) is 5.91 Å². The maximum absolute atomic E-state index is 12.0. The molecule has 1 fully saturated rings. The maximum atomic E-state index is 12.0. The summed E-state index contributed by atoms with van der Waals surface area (Å²) >= 11 is 0. The summed E-state index contributed by atoms with van der Waals surface area (Å²) in [7, 11) is 0. The first kappa shape index (κ1) is 12.1. The Balaban J connectivity index is 2.50. The molecule has 0 aliphatic heterocycles. The third kappa shape index (κ3) is 2.99. The molecule has 0 aromatic carbocycles. The molecule has 1 unspecified atom stereocenters. The van der Waals surface area contributed by atoms with E-state index in [0.29, 0.717) is 6.42 Å². The average molecular weight is 207 g/mol. The van der Waals surface area contributed by atoms with E-state index in [1.54, 1.807) is 0 Å². The second kappa shape index (κ2) is 5.21. The van der Waals surface area contributed by atoms with Crippen molar-refractivity contribution >= 4 is 5.91 Å². The Morgan fingerprint density at radius 3 is 2.60 bits per heavy atom. The highest BCUT2D eigenvalue weighted by Gasteiger charge is 2.36. The molecule has 0 bridgehead atoms. The number of carbonyl (C=O) groups excluding carboxylic acids is 1. The molecule has 2 nitrogen and oxygen atoms in total. The number of amides is 1. The van der Waals surface area contributed by atoms with E-state index < -0.39 is 0 Å². The average Bonchev–Trinajstić information content (AvgIpc) is 2.65. The van der Waals surface area contributed by atoms with E-state index in [0.717, 1.165) is 19.3 Å². The third-order valence-electron chi connectivity index (χ3n) is 3.45. The van der Waals surface area contributed by atoms with E-state index in [-0.39, 0.29) is 17.4 Å². The highest BCUT2D eigenvalue weighted by molar-refractivity contribution is 5.82. The van der Waals surface area contributed by atoms with Crippen LogP contribution in [0.1, 0.15) is 52.4 Å². The molecule has 15 heavy (non-hydrogen) atoms. The first-order valence-electron chi connectivity index (χ1n) is 5.87. The largest absolute Gasteiger partial charge is 0.352 e. The van der Waals surface area contributed by atoms with Crippen LogP contribution in [-0.4, -0.2) is 11.9 Å². The molecule has 1 atom stereocenters. The van der Waals surface area contributed by atoms with Crippen LogP contribution in [0.25, 0.3) is 0 Å². The lowest BCUT2D eigenvalue weighted by Gasteiger charge is -2.25. The van der Waals surface area contributed by atoms with Gasteiger partial charge in [0.15, 0.2) is 0 Å². The van der Waals surface area contributed by atoms with Gasteiger partial charge < -0.3 is 5.32 Å². The van der Waals surface area contributed by atoms with Crippen molar-refractivity contribution in [2.24, 2.45) is 5.41 Å². The lowest BCUT2D eigenvalue weighted by Crippen LogP contribution is -2.42. The van der Waals surface area contributed by atoms with Crippen LogP contribution in [0.3, 0.4) is 0 Å². The van der Waals surface area contributed by atoms with Gasteiger partial charge in [-0.15, -0.1) is 12.3 Å². The molecule has 1 N–H and O–H groups in total. The van der Waals surface area contributed by atoms with Gasteiger partial charge in [-0.05, 0) is 19.3 Å². The molecule has 1 amide bonds. The van der Waals surface area contributed by atoms with Crippen LogP contribution in [0.4, 0.5) is 0 Å². The van der Waals surface area contributed by atoms with Crippen LogP contribution in [-0.2, 0) is 4.79 Å². The lowest BCUT2D eigenvalue weighted by molar-refractivity contribution is -0.130. The first-order chi connectivity index (χ1) is 7.12. The predicted octanol–water partition coefficient (Wildman–Crippen LogP) is 2.48. The molecule has 1 aliphatic carbocycles. The molecule has 0 spiro atoms. The topological polar surface area (TPSA) is 29.1 Å². The van der Waals surface area contributed by atoms with Crippen LogP contribution >= 0.6 is 0 Å². The molecule has 0 saturated heterocycles. The minimum absolute atomic E-state index is 0.137. The molecule has 1 aliphatic rings. The van der Waals surface area contributed by atoms with Crippen molar-refractivity contribution in [3.8, 4) is 12.3 Å². The van der Waals surface area contributed by atoms with Crippen molar-refractivity contribution in [3.63, 3.8) is 0 Å². The zero-order chi connectivity index (χ0) is 11.3. The van der Waals surface area contributed by atoms with Crippen LogP contribution in [0, 0.1) is 17.8 Å². The van der Waals surface area contributed by atoms with Gasteiger partial charge in [0.1, 0.15) is 0 Å². The van der Waals surface area contributed by atoms with Crippen molar-refractivity contribution in [2.75, 3.05) is 0 Å². The quantitative estimate of drug-likeness (QED) is 0.705. The summed E-state index contributed by atoms with van der Waals surface area (Å²) in [5.74, 6) is 2.81. The van der Waals surface area contributed by atoms with Gasteiger partial charge >= 0.3 is 0 Å². The summed E-state index contributed by atoms with van der Waals surface area (Å²) in [6.45, 7) is 4.12. The molecule has 1 saturated carbocycles. The molecule has 0 heterocycles. The SMILES string of the molecule is C#CCC(CC)NC(=O)C1(C)CCCC1. The van der Waals surface area contributed by atoms with Crippen LogP contribution < -0.4 is 5.32 Å². The summed E-state index contributed by atoms with van der Waals surface area (Å²) in [5, 5.41) is 3.07. The highest BCUT2D eigenvalue weighted by atomic mass is 16.2. The van der Waals surface area contributed by atoms with Gasteiger partial charge in [-0.1, -0.05) is 26.7 Å². The standard InChI is InChI=1S/C13H21NO/c1-4-8-11(5-2)14-12(15)13(3)9-6-7-10-13/h1,11H,5-10H2,2-3H3,(H,14,15). The van der Waals surface area contributed by atoms with Crippen molar-refractivity contribution in [1.29, 1.82) is 0 Å². The number of rotatable bonds is 4. The number of hydrogen-bond donors (Lipinski definition) is 1. The minimum atomic E-state index is -0.137. The van der Waals surface area contributed by atoms with E-state index in [4.69, 9.17) is 6.42 Å². The molecule has 0 aromatic heterocycles. The number of terminal acetylenes is 1. The van der Waals surface area contributed by atoms with Crippen LogP contribution in [0.15, 0.2) is 0 Å². The zero-order valence-electron chi connectivity index (χ0n) is 9.81. The zero-order valence-corrected chi connectivity index (χ0v) is 9.81. The molecular weight excluding hydrogens is 186 g/mol. The van der Waals surface area contributed by atoms with Crippen molar-refractivity contribution in [1.82, 2.24) is 5.32 Å². The van der Waals surface area contributed by atoms with E-state index in [1.165, 1.54) is 12.8 Å². The fourth-order valence-corrected chi connectivity index (χ4v) is 2.18. The fourth-order valence-electron chi connectivity index (χ4n) is 2.18. The Morgan fingerprint density at radius 2 is 2.13 bits per heavy atom. The second-order valence-electron chi connectivity index (χ2n) is 4.75. The van der Waals surface area contributed by atoms with Gasteiger partial charge in [0.05, 0.1) is 0 Å². The van der Waals surface area contributed by atoms with Gasteiger partial charge in [0, 0.05) is 17.9 Å². The molecule has 1 rings (SSSR count). The molecular formula is C13H21NO. The third-order valence-corrected chi connectivity index (χ3v) is 3.45. The summed E-state index contributed by atoms with van der Waals surface area (Å²) < 4.78 is 0. The Morgan fingerprint density at radius 1 is 1.53 bits per heavy atom. The van der Waals surface area contributed by atoms with Gasteiger partial charge in [-0.3, -0.25) is 4.79 Å². The number of carbonyl (C=O) groups is 1. The van der Waals surface area contributed by atoms with Gasteiger partial charge in [-0.25, -0.2) is 0 Å². The highest BCUT2D eigenvalue weighted by Crippen LogP contribution is 2.37. The monoisotopic (exact) mass is 207 g/mol. The molecule has 0 aromatic rings. The summed E-state index contributed by atoms with van der Waals surface area (Å²) in [6.07, 6.45) is 11.2. The van der Waals surface area contributed by atoms with Crippen molar-refractivity contribution in [3.05, 3.63) is 0 Å².